The second kappa shape index (κ2) is 13.9. The molecule has 0 bridgehead atoms. The average molecular weight is 673 g/mol. The van der Waals surface area contributed by atoms with Crippen LogP contribution in [0.3, 0.4) is 0 Å². The monoisotopic (exact) mass is 671 g/mol. The highest BCUT2D eigenvalue weighted by Gasteiger charge is 2.29. The molecular formula is C35H34BrN3O6. The van der Waals surface area contributed by atoms with E-state index in [2.05, 4.69) is 15.9 Å². The molecule has 1 amide bonds. The normalized spacial score (nSPS) is 11.6. The summed E-state index contributed by atoms with van der Waals surface area (Å²) in [4.78, 5) is 35.5. The van der Waals surface area contributed by atoms with E-state index < -0.39 is 6.04 Å². The van der Waals surface area contributed by atoms with E-state index in [4.69, 9.17) is 23.9 Å². The topological polar surface area (TPSA) is 92.1 Å². The van der Waals surface area contributed by atoms with E-state index in [9.17, 15) is 9.59 Å². The number of aromatic nitrogens is 2. The summed E-state index contributed by atoms with van der Waals surface area (Å²) in [6, 6.07) is 25.0. The number of hydrogen-bond donors (Lipinski definition) is 0. The van der Waals surface area contributed by atoms with Crippen LogP contribution in [0.4, 0.5) is 0 Å². The van der Waals surface area contributed by atoms with Gasteiger partial charge in [0.1, 0.15) is 28.8 Å². The Bertz CT molecular complexity index is 1870. The molecule has 1 atom stereocenters. The lowest BCUT2D eigenvalue weighted by Crippen LogP contribution is -2.38. The second-order valence-corrected chi connectivity index (χ2v) is 11.1. The van der Waals surface area contributed by atoms with Crippen LogP contribution in [0.1, 0.15) is 34.7 Å². The highest BCUT2D eigenvalue weighted by Crippen LogP contribution is 2.37. The first-order valence-electron chi connectivity index (χ1n) is 14.3. The van der Waals surface area contributed by atoms with E-state index in [0.29, 0.717) is 68.4 Å². The van der Waals surface area contributed by atoms with Crippen LogP contribution < -0.4 is 24.5 Å². The molecule has 0 aliphatic heterocycles. The van der Waals surface area contributed by atoms with Gasteiger partial charge in [0.15, 0.2) is 0 Å². The number of ether oxygens (including phenoxy) is 4. The number of nitrogens with zero attached hydrogens (tertiary/aromatic N) is 3. The number of para-hydroxylation sites is 1. The highest BCUT2D eigenvalue weighted by atomic mass is 79.9. The third kappa shape index (κ3) is 6.51. The molecule has 0 radical (unpaired) electrons. The van der Waals surface area contributed by atoms with Crippen LogP contribution in [0, 0.1) is 0 Å². The summed E-state index contributed by atoms with van der Waals surface area (Å²) in [6.07, 6.45) is 0.576. The molecule has 0 N–H and O–H groups in total. The molecule has 10 heteroatoms. The zero-order valence-electron chi connectivity index (χ0n) is 25.7. The van der Waals surface area contributed by atoms with Gasteiger partial charge in [-0.1, -0.05) is 42.5 Å². The number of hydrogen-bond acceptors (Lipinski definition) is 7. The maximum absolute atomic E-state index is 14.4. The van der Waals surface area contributed by atoms with Gasteiger partial charge >= 0.3 is 0 Å². The number of methoxy groups -OCH3 is 4. The number of benzene rings is 4. The molecular weight excluding hydrogens is 638 g/mol. The van der Waals surface area contributed by atoms with Crippen molar-refractivity contribution in [1.82, 2.24) is 14.5 Å². The number of fused-ring (bicyclic) bond motifs is 1. The van der Waals surface area contributed by atoms with Crippen molar-refractivity contribution in [1.29, 1.82) is 0 Å². The van der Waals surface area contributed by atoms with E-state index in [-0.39, 0.29) is 11.5 Å². The minimum atomic E-state index is -0.667. The predicted molar refractivity (Wildman–Crippen MR) is 177 cm³/mol. The van der Waals surface area contributed by atoms with Gasteiger partial charge in [0.05, 0.1) is 55.5 Å². The number of carbonyl (C=O) groups excluding carboxylic acids is 1. The standard InChI is InChI=1S/C35H34BrN3O6/c1-22(38(16-15-23-11-7-6-8-12-23)34(40)24-17-25(42-2)19-26(18-24)43-3)33-37-29-14-10-9-13-28(29)35(41)39(33)30-20-27(44-4)21-31(45-5)32(30)36/h6-14,17-22H,15-16H2,1-5H3. The summed E-state index contributed by atoms with van der Waals surface area (Å²) in [5.41, 5.74) is 2.14. The minimum absolute atomic E-state index is 0.271. The van der Waals surface area contributed by atoms with Crippen LogP contribution in [0.15, 0.2) is 94.2 Å². The zero-order valence-corrected chi connectivity index (χ0v) is 27.3. The third-order valence-corrected chi connectivity index (χ3v) is 8.47. The summed E-state index contributed by atoms with van der Waals surface area (Å²) < 4.78 is 24.1. The van der Waals surface area contributed by atoms with Gasteiger partial charge in [-0.15, -0.1) is 0 Å². The first kappa shape index (κ1) is 31.6. The maximum Gasteiger partial charge on any atom is 0.266 e. The number of rotatable bonds is 11. The van der Waals surface area contributed by atoms with Gasteiger partial charge in [0, 0.05) is 30.3 Å². The van der Waals surface area contributed by atoms with E-state index in [0.717, 1.165) is 5.56 Å². The molecule has 0 aliphatic rings. The van der Waals surface area contributed by atoms with Crippen LogP contribution in [0.5, 0.6) is 23.0 Å². The van der Waals surface area contributed by atoms with Crippen LogP contribution in [0.2, 0.25) is 0 Å². The molecule has 45 heavy (non-hydrogen) atoms. The molecule has 0 saturated carbocycles. The van der Waals surface area contributed by atoms with Gasteiger partial charge in [0.25, 0.3) is 11.5 Å². The smallest absolute Gasteiger partial charge is 0.266 e. The first-order chi connectivity index (χ1) is 21.8. The molecule has 0 spiro atoms. The summed E-state index contributed by atoms with van der Waals surface area (Å²) in [7, 11) is 6.16. The molecule has 1 unspecified atom stereocenters. The lowest BCUT2D eigenvalue weighted by atomic mass is 10.1. The van der Waals surface area contributed by atoms with Gasteiger partial charge < -0.3 is 23.8 Å². The van der Waals surface area contributed by atoms with Crippen LogP contribution >= 0.6 is 15.9 Å². The fraction of sp³-hybridized carbons (Fsp3) is 0.229. The first-order valence-corrected chi connectivity index (χ1v) is 15.1. The van der Waals surface area contributed by atoms with Crippen molar-refractivity contribution in [2.24, 2.45) is 0 Å². The van der Waals surface area contributed by atoms with Gasteiger partial charge in [-0.05, 0) is 59.1 Å². The van der Waals surface area contributed by atoms with Gasteiger partial charge in [0.2, 0.25) is 0 Å². The van der Waals surface area contributed by atoms with Crippen molar-refractivity contribution >= 4 is 32.7 Å². The SMILES string of the molecule is COc1cc(OC)cc(C(=O)N(CCc2ccccc2)C(C)c2nc3ccccc3c(=O)n2-c2cc(OC)cc(OC)c2Br)c1. The van der Waals surface area contributed by atoms with E-state index in [1.54, 1.807) is 67.7 Å². The number of halogens is 1. The van der Waals surface area contributed by atoms with Crippen LogP contribution in [-0.4, -0.2) is 55.3 Å². The van der Waals surface area contributed by atoms with Crippen molar-refractivity contribution in [3.63, 3.8) is 0 Å². The molecule has 5 aromatic rings. The van der Waals surface area contributed by atoms with Crippen molar-refractivity contribution in [2.75, 3.05) is 35.0 Å². The molecule has 0 saturated heterocycles. The van der Waals surface area contributed by atoms with E-state index in [1.807, 2.05) is 43.3 Å². The molecule has 9 nitrogen and oxygen atoms in total. The lowest BCUT2D eigenvalue weighted by molar-refractivity contribution is 0.0683. The average Bonchev–Trinajstić information content (AvgIpc) is 3.08. The van der Waals surface area contributed by atoms with Crippen molar-refractivity contribution < 1.29 is 23.7 Å². The quantitative estimate of drug-likeness (QED) is 0.156. The Kier molecular flexibility index (Phi) is 9.73. The Hall–Kier alpha value is -4.83. The molecule has 0 aliphatic carbocycles. The van der Waals surface area contributed by atoms with E-state index >= 15 is 0 Å². The molecule has 0 fully saturated rings. The fourth-order valence-corrected chi connectivity index (χ4v) is 5.82. The second-order valence-electron chi connectivity index (χ2n) is 10.3. The Balaban J connectivity index is 1.73. The highest BCUT2D eigenvalue weighted by molar-refractivity contribution is 9.10. The van der Waals surface area contributed by atoms with Crippen LogP contribution in [0.25, 0.3) is 16.6 Å². The fourth-order valence-electron chi connectivity index (χ4n) is 5.25. The molecule has 232 valence electrons. The minimum Gasteiger partial charge on any atom is -0.497 e. The molecule has 4 aromatic carbocycles. The van der Waals surface area contributed by atoms with Gasteiger partial charge in [-0.25, -0.2) is 4.98 Å². The molecule has 1 heterocycles. The summed E-state index contributed by atoms with van der Waals surface area (Å²) in [5.74, 6) is 2.04. The number of carbonyl (C=O) groups is 1. The molecule has 1 aromatic heterocycles. The number of amides is 1. The zero-order chi connectivity index (χ0) is 32.1. The van der Waals surface area contributed by atoms with Gasteiger partial charge in [-0.3, -0.25) is 14.2 Å². The Morgan fingerprint density at radius 3 is 2.11 bits per heavy atom. The van der Waals surface area contributed by atoms with Crippen molar-refractivity contribution in [3.05, 3.63) is 117 Å². The Morgan fingerprint density at radius 1 is 0.844 bits per heavy atom. The summed E-state index contributed by atoms with van der Waals surface area (Å²) in [5, 5.41) is 0.432. The van der Waals surface area contributed by atoms with Crippen molar-refractivity contribution in [3.8, 4) is 28.7 Å². The third-order valence-electron chi connectivity index (χ3n) is 7.68. The molecule has 5 rings (SSSR count). The van der Waals surface area contributed by atoms with Crippen molar-refractivity contribution in [2.45, 2.75) is 19.4 Å². The predicted octanol–water partition coefficient (Wildman–Crippen LogP) is 6.63. The Labute approximate surface area is 270 Å². The largest absolute Gasteiger partial charge is 0.497 e. The van der Waals surface area contributed by atoms with Crippen LogP contribution in [-0.2, 0) is 6.42 Å². The lowest BCUT2D eigenvalue weighted by Gasteiger charge is -2.31. The summed E-state index contributed by atoms with van der Waals surface area (Å²) in [6.45, 7) is 2.22. The summed E-state index contributed by atoms with van der Waals surface area (Å²) >= 11 is 3.64. The van der Waals surface area contributed by atoms with E-state index in [1.165, 1.54) is 18.8 Å². The van der Waals surface area contributed by atoms with Gasteiger partial charge in [-0.2, -0.15) is 0 Å². The Morgan fingerprint density at radius 2 is 1.47 bits per heavy atom. The maximum atomic E-state index is 14.4.